The van der Waals surface area contributed by atoms with Crippen LogP contribution in [0.1, 0.15) is 37.8 Å². The average molecular weight is 311 g/mol. The monoisotopic (exact) mass is 310 g/mol. The summed E-state index contributed by atoms with van der Waals surface area (Å²) in [5, 5.41) is 3.23. The molecule has 1 N–H and O–H groups in total. The van der Waals surface area contributed by atoms with Gasteiger partial charge in [0.1, 0.15) is 0 Å². The summed E-state index contributed by atoms with van der Waals surface area (Å²) in [4.78, 5) is 14.2. The maximum Gasteiger partial charge on any atom is 0.225 e. The number of rotatable bonds is 5. The molecule has 1 fully saturated rings. The van der Waals surface area contributed by atoms with Gasteiger partial charge in [0.15, 0.2) is 0 Å². The molecule has 2 rings (SSSR count). The quantitative estimate of drug-likeness (QED) is 0.906. The molecule has 0 spiro atoms. The normalized spacial score (nSPS) is 16.0. The molecule has 1 heterocycles. The van der Waals surface area contributed by atoms with Gasteiger partial charge in [-0.15, -0.1) is 12.4 Å². The van der Waals surface area contributed by atoms with Crippen LogP contribution in [0.2, 0.25) is 0 Å². The number of carbonyl (C=O) groups is 1. The molecule has 0 saturated carbocycles. The van der Waals surface area contributed by atoms with E-state index in [1.165, 1.54) is 11.1 Å². The Bertz CT molecular complexity index is 454. The molecule has 0 aliphatic carbocycles. The molecule has 0 bridgehead atoms. The van der Waals surface area contributed by atoms with Gasteiger partial charge < -0.3 is 10.2 Å². The Labute approximate surface area is 134 Å². The highest BCUT2D eigenvalue weighted by Gasteiger charge is 2.30. The van der Waals surface area contributed by atoms with E-state index in [1.54, 1.807) is 0 Å². The Kier molecular flexibility index (Phi) is 6.69. The van der Waals surface area contributed by atoms with Crippen LogP contribution < -0.4 is 5.32 Å². The van der Waals surface area contributed by atoms with Crippen LogP contribution >= 0.6 is 12.4 Å². The van der Waals surface area contributed by atoms with E-state index >= 15 is 0 Å². The third kappa shape index (κ3) is 4.45. The van der Waals surface area contributed by atoms with Crippen molar-refractivity contribution in [2.75, 3.05) is 20.1 Å². The van der Waals surface area contributed by atoms with Crippen molar-refractivity contribution in [2.45, 2.75) is 33.2 Å². The fourth-order valence-electron chi connectivity index (χ4n) is 2.57. The number of amides is 1. The van der Waals surface area contributed by atoms with Crippen LogP contribution in [0.3, 0.4) is 0 Å². The smallest absolute Gasteiger partial charge is 0.225 e. The molecule has 3 nitrogen and oxygen atoms in total. The molecule has 1 aromatic rings. The summed E-state index contributed by atoms with van der Waals surface area (Å²) in [7, 11) is 1.90. The van der Waals surface area contributed by atoms with Crippen LogP contribution in [0, 0.1) is 11.8 Å². The number of halogens is 1. The first-order valence-electron chi connectivity index (χ1n) is 7.53. The molecule has 1 amide bonds. The number of hydrogen-bond donors (Lipinski definition) is 1. The summed E-state index contributed by atoms with van der Waals surface area (Å²) in [6.07, 6.45) is 0. The van der Waals surface area contributed by atoms with E-state index in [0.717, 1.165) is 13.1 Å². The number of nitrogens with one attached hydrogen (secondary N) is 1. The molecular weight excluding hydrogens is 284 g/mol. The van der Waals surface area contributed by atoms with Gasteiger partial charge in [-0.1, -0.05) is 45.0 Å². The Morgan fingerprint density at radius 1 is 1.24 bits per heavy atom. The minimum atomic E-state index is 0. The van der Waals surface area contributed by atoms with Gasteiger partial charge in [0.05, 0.1) is 0 Å². The Balaban J connectivity index is 0.00000220. The van der Waals surface area contributed by atoms with Gasteiger partial charge in [0.2, 0.25) is 5.91 Å². The zero-order chi connectivity index (χ0) is 14.7. The Hall–Kier alpha value is -1.06. The van der Waals surface area contributed by atoms with Crippen molar-refractivity contribution in [3.05, 3.63) is 35.4 Å². The lowest BCUT2D eigenvalue weighted by Gasteiger charge is -2.34. The molecule has 1 atom stereocenters. The third-order valence-electron chi connectivity index (χ3n) is 4.35. The van der Waals surface area contributed by atoms with E-state index in [-0.39, 0.29) is 24.2 Å². The maximum atomic E-state index is 12.4. The zero-order valence-corrected chi connectivity index (χ0v) is 14.2. The second-order valence-corrected chi connectivity index (χ2v) is 6.30. The molecule has 21 heavy (non-hydrogen) atoms. The van der Waals surface area contributed by atoms with E-state index in [4.69, 9.17) is 0 Å². The summed E-state index contributed by atoms with van der Waals surface area (Å²) in [5.74, 6) is 1.43. The second-order valence-electron chi connectivity index (χ2n) is 6.30. The van der Waals surface area contributed by atoms with Gasteiger partial charge in [-0.3, -0.25) is 4.79 Å². The number of hydrogen-bond acceptors (Lipinski definition) is 2. The summed E-state index contributed by atoms with van der Waals surface area (Å²) in [6, 6.07) is 8.60. The van der Waals surface area contributed by atoms with Crippen LogP contribution in [0.25, 0.3) is 0 Å². The highest BCUT2D eigenvalue weighted by Crippen LogP contribution is 2.20. The zero-order valence-electron chi connectivity index (χ0n) is 13.4. The van der Waals surface area contributed by atoms with Gasteiger partial charge in [-0.05, 0) is 36.1 Å². The highest BCUT2D eigenvalue weighted by molar-refractivity contribution is 5.85. The average Bonchev–Trinajstić information content (AvgIpc) is 2.36. The van der Waals surface area contributed by atoms with Gasteiger partial charge in [-0.2, -0.15) is 0 Å². The van der Waals surface area contributed by atoms with E-state index in [0.29, 0.717) is 18.4 Å². The van der Waals surface area contributed by atoms with Gasteiger partial charge >= 0.3 is 0 Å². The second kappa shape index (κ2) is 7.81. The first-order chi connectivity index (χ1) is 9.49. The van der Waals surface area contributed by atoms with Gasteiger partial charge in [-0.25, -0.2) is 0 Å². The van der Waals surface area contributed by atoms with Gasteiger partial charge in [0, 0.05) is 19.5 Å². The van der Waals surface area contributed by atoms with Crippen LogP contribution in [0.4, 0.5) is 0 Å². The van der Waals surface area contributed by atoms with Crippen molar-refractivity contribution >= 4 is 18.3 Å². The lowest BCUT2D eigenvalue weighted by atomic mass is 9.88. The lowest BCUT2D eigenvalue weighted by Crippen LogP contribution is -2.49. The summed E-state index contributed by atoms with van der Waals surface area (Å²) in [6.45, 7) is 9.08. The van der Waals surface area contributed by atoms with Crippen LogP contribution in [0.15, 0.2) is 24.3 Å². The van der Waals surface area contributed by atoms with Crippen LogP contribution in [-0.4, -0.2) is 30.9 Å². The summed E-state index contributed by atoms with van der Waals surface area (Å²) in [5.41, 5.74) is 2.54. The van der Waals surface area contributed by atoms with E-state index in [1.807, 2.05) is 18.9 Å². The summed E-state index contributed by atoms with van der Waals surface area (Å²) < 4.78 is 0. The minimum Gasteiger partial charge on any atom is -0.341 e. The van der Waals surface area contributed by atoms with Crippen molar-refractivity contribution in [3.8, 4) is 0 Å². The molecule has 1 aliphatic rings. The van der Waals surface area contributed by atoms with Crippen LogP contribution in [-0.2, 0) is 11.3 Å². The van der Waals surface area contributed by atoms with E-state index in [9.17, 15) is 4.79 Å². The molecule has 0 aromatic heterocycles. The first-order valence-corrected chi connectivity index (χ1v) is 7.53. The van der Waals surface area contributed by atoms with E-state index in [2.05, 4.69) is 43.4 Å². The SMILES string of the molecule is CC(C)c1ccc(CN(C)C(=O)C(C)C2CNC2)cc1.Cl. The Morgan fingerprint density at radius 3 is 2.24 bits per heavy atom. The standard InChI is InChI=1S/C17H26N2O.ClH/c1-12(2)15-7-5-14(6-8-15)11-19(4)17(20)13(3)16-9-18-10-16;/h5-8,12-13,16,18H,9-11H2,1-4H3;1H. The fourth-order valence-corrected chi connectivity index (χ4v) is 2.57. The van der Waals surface area contributed by atoms with Crippen molar-refractivity contribution in [1.82, 2.24) is 10.2 Å². The number of carbonyl (C=O) groups excluding carboxylic acids is 1. The maximum absolute atomic E-state index is 12.4. The predicted molar refractivity (Wildman–Crippen MR) is 89.8 cm³/mol. The lowest BCUT2D eigenvalue weighted by molar-refractivity contribution is -0.136. The third-order valence-corrected chi connectivity index (χ3v) is 4.35. The van der Waals surface area contributed by atoms with Gasteiger partial charge in [0.25, 0.3) is 0 Å². The topological polar surface area (TPSA) is 32.3 Å². The molecule has 1 unspecified atom stereocenters. The van der Waals surface area contributed by atoms with Crippen molar-refractivity contribution in [3.63, 3.8) is 0 Å². The molecule has 1 aromatic carbocycles. The number of nitrogens with zero attached hydrogens (tertiary/aromatic N) is 1. The number of benzene rings is 1. The molecule has 1 aliphatic heterocycles. The van der Waals surface area contributed by atoms with Crippen molar-refractivity contribution in [2.24, 2.45) is 11.8 Å². The Morgan fingerprint density at radius 2 is 1.81 bits per heavy atom. The molecule has 0 radical (unpaired) electrons. The first kappa shape index (κ1) is 18.0. The predicted octanol–water partition coefficient (Wildman–Crippen LogP) is 3.05. The van der Waals surface area contributed by atoms with Crippen molar-refractivity contribution < 1.29 is 4.79 Å². The van der Waals surface area contributed by atoms with Crippen molar-refractivity contribution in [1.29, 1.82) is 0 Å². The molecule has 4 heteroatoms. The highest BCUT2D eigenvalue weighted by atomic mass is 35.5. The summed E-state index contributed by atoms with van der Waals surface area (Å²) >= 11 is 0. The molecule has 118 valence electrons. The molecular formula is C17H27ClN2O. The van der Waals surface area contributed by atoms with Crippen LogP contribution in [0.5, 0.6) is 0 Å². The minimum absolute atomic E-state index is 0. The fraction of sp³-hybridized carbons (Fsp3) is 0.588. The van der Waals surface area contributed by atoms with E-state index < -0.39 is 0 Å². The molecule has 1 saturated heterocycles. The largest absolute Gasteiger partial charge is 0.341 e.